The Bertz CT molecular complexity index is 547. The highest BCUT2D eigenvalue weighted by atomic mass is 14.5. The summed E-state index contributed by atoms with van der Waals surface area (Å²) in [4.78, 5) is 0. The Kier molecular flexibility index (Phi) is 12.5. The van der Waals surface area contributed by atoms with Gasteiger partial charge in [0.2, 0.25) is 0 Å². The summed E-state index contributed by atoms with van der Waals surface area (Å²) in [6, 6.07) is 0. The van der Waals surface area contributed by atoms with Crippen LogP contribution in [-0.4, -0.2) is 0 Å². The Labute approximate surface area is 227 Å². The van der Waals surface area contributed by atoms with Crippen LogP contribution in [0.4, 0.5) is 0 Å². The molecule has 0 heteroatoms. The van der Waals surface area contributed by atoms with Crippen molar-refractivity contribution in [1.29, 1.82) is 0 Å². The molecule has 4 aliphatic rings. The van der Waals surface area contributed by atoms with Crippen molar-refractivity contribution in [2.75, 3.05) is 0 Å². The topological polar surface area (TPSA) is 0 Å². The standard InChI is InChI=1S/C36H66/c1-3-5-8-12-30-16-20-32(21-17-30)28-33-24-26-36(27-25-33,35-14-10-7-11-15-35)29-34-22-18-31(19-23-34)13-9-6-4-2/h30-35H,3-29H2,1-2H3. The van der Waals surface area contributed by atoms with E-state index in [4.69, 9.17) is 0 Å². The van der Waals surface area contributed by atoms with Gasteiger partial charge in [-0.3, -0.25) is 0 Å². The predicted octanol–water partition coefficient (Wildman–Crippen LogP) is 12.3. The molecule has 4 aliphatic carbocycles. The molecule has 210 valence electrons. The third-order valence-electron chi connectivity index (χ3n) is 12.3. The highest BCUT2D eigenvalue weighted by molar-refractivity contribution is 4.95. The summed E-state index contributed by atoms with van der Waals surface area (Å²) in [5.41, 5.74) is 0.758. The van der Waals surface area contributed by atoms with Crippen LogP contribution in [0.3, 0.4) is 0 Å². The molecule has 0 atom stereocenters. The molecule has 4 saturated carbocycles. The van der Waals surface area contributed by atoms with Gasteiger partial charge in [-0.05, 0) is 92.3 Å². The first kappa shape index (κ1) is 29.0. The first-order chi connectivity index (χ1) is 17.7. The summed E-state index contributed by atoms with van der Waals surface area (Å²) in [5.74, 6) is 6.50. The molecule has 0 aromatic carbocycles. The second kappa shape index (κ2) is 15.6. The Morgan fingerprint density at radius 1 is 0.472 bits per heavy atom. The Hall–Kier alpha value is 0. The summed E-state index contributed by atoms with van der Waals surface area (Å²) >= 11 is 0. The van der Waals surface area contributed by atoms with Gasteiger partial charge in [0.1, 0.15) is 0 Å². The van der Waals surface area contributed by atoms with Crippen LogP contribution >= 0.6 is 0 Å². The lowest BCUT2D eigenvalue weighted by molar-refractivity contribution is 0.0102. The minimum atomic E-state index is 0.758. The van der Waals surface area contributed by atoms with Crippen molar-refractivity contribution in [3.8, 4) is 0 Å². The zero-order chi connectivity index (χ0) is 25.1. The Morgan fingerprint density at radius 3 is 1.47 bits per heavy atom. The third-order valence-corrected chi connectivity index (χ3v) is 12.3. The molecule has 0 bridgehead atoms. The van der Waals surface area contributed by atoms with Crippen molar-refractivity contribution >= 4 is 0 Å². The fraction of sp³-hybridized carbons (Fsp3) is 1.00. The lowest BCUT2D eigenvalue weighted by atomic mass is 9.55. The second-order valence-electron chi connectivity index (χ2n) is 14.8. The maximum atomic E-state index is 2.36. The van der Waals surface area contributed by atoms with Crippen molar-refractivity contribution in [3.63, 3.8) is 0 Å². The minimum absolute atomic E-state index is 0.758. The summed E-state index contributed by atoms with van der Waals surface area (Å²) in [7, 11) is 0. The van der Waals surface area contributed by atoms with E-state index in [2.05, 4.69) is 13.8 Å². The van der Waals surface area contributed by atoms with Crippen LogP contribution in [0, 0.1) is 40.9 Å². The van der Waals surface area contributed by atoms with Gasteiger partial charge in [-0.15, -0.1) is 0 Å². The average Bonchev–Trinajstić information content (AvgIpc) is 2.93. The van der Waals surface area contributed by atoms with E-state index in [9.17, 15) is 0 Å². The molecule has 0 heterocycles. The minimum Gasteiger partial charge on any atom is -0.0654 e. The van der Waals surface area contributed by atoms with Gasteiger partial charge in [0.15, 0.2) is 0 Å². The lowest BCUT2D eigenvalue weighted by Gasteiger charge is -2.50. The molecular weight excluding hydrogens is 432 g/mol. The van der Waals surface area contributed by atoms with Gasteiger partial charge in [0.25, 0.3) is 0 Å². The SMILES string of the molecule is CCCCCC1CCC(CC2CCC(CC3CCC(CCCCC)CC3)(C3CCCCC3)CC2)CC1. The Balaban J connectivity index is 1.23. The summed E-state index contributed by atoms with van der Waals surface area (Å²) < 4.78 is 0. The molecule has 0 nitrogen and oxygen atoms in total. The van der Waals surface area contributed by atoms with E-state index in [1.165, 1.54) is 57.8 Å². The van der Waals surface area contributed by atoms with Gasteiger partial charge < -0.3 is 0 Å². The largest absolute Gasteiger partial charge is 0.0654 e. The third kappa shape index (κ3) is 8.76. The highest BCUT2D eigenvalue weighted by Gasteiger charge is 2.44. The molecule has 0 aromatic rings. The van der Waals surface area contributed by atoms with Gasteiger partial charge in [-0.1, -0.05) is 136 Å². The van der Waals surface area contributed by atoms with Crippen LogP contribution in [0.2, 0.25) is 0 Å². The van der Waals surface area contributed by atoms with Crippen LogP contribution in [0.1, 0.15) is 187 Å². The van der Waals surface area contributed by atoms with Crippen molar-refractivity contribution in [2.24, 2.45) is 40.9 Å². The van der Waals surface area contributed by atoms with Crippen LogP contribution < -0.4 is 0 Å². The van der Waals surface area contributed by atoms with E-state index in [-0.39, 0.29) is 0 Å². The van der Waals surface area contributed by atoms with E-state index in [1.54, 1.807) is 116 Å². The molecule has 0 amide bonds. The number of hydrogen-bond donors (Lipinski definition) is 0. The first-order valence-corrected chi connectivity index (χ1v) is 17.7. The van der Waals surface area contributed by atoms with Crippen molar-refractivity contribution in [2.45, 2.75) is 187 Å². The van der Waals surface area contributed by atoms with Gasteiger partial charge in [0.05, 0.1) is 0 Å². The number of unbranched alkanes of at least 4 members (excludes halogenated alkanes) is 4. The normalized spacial score (nSPS) is 36.7. The summed E-state index contributed by atoms with van der Waals surface area (Å²) in [6.07, 6.45) is 41.8. The van der Waals surface area contributed by atoms with Crippen LogP contribution in [0.15, 0.2) is 0 Å². The van der Waals surface area contributed by atoms with Crippen LogP contribution in [-0.2, 0) is 0 Å². The molecule has 36 heavy (non-hydrogen) atoms. The molecule has 0 aliphatic heterocycles. The van der Waals surface area contributed by atoms with Crippen molar-refractivity contribution < 1.29 is 0 Å². The fourth-order valence-electron chi connectivity index (χ4n) is 9.87. The monoisotopic (exact) mass is 499 g/mol. The Morgan fingerprint density at radius 2 is 0.944 bits per heavy atom. The van der Waals surface area contributed by atoms with Crippen molar-refractivity contribution in [3.05, 3.63) is 0 Å². The predicted molar refractivity (Wildman–Crippen MR) is 159 cm³/mol. The molecule has 0 spiro atoms. The molecular formula is C36H66. The second-order valence-corrected chi connectivity index (χ2v) is 14.8. The van der Waals surface area contributed by atoms with Crippen LogP contribution in [0.5, 0.6) is 0 Å². The fourth-order valence-corrected chi connectivity index (χ4v) is 9.87. The maximum absolute atomic E-state index is 2.36. The van der Waals surface area contributed by atoms with Gasteiger partial charge in [0, 0.05) is 0 Å². The molecule has 4 rings (SSSR count). The molecule has 0 aromatic heterocycles. The summed E-state index contributed by atoms with van der Waals surface area (Å²) in [6.45, 7) is 4.71. The van der Waals surface area contributed by atoms with E-state index in [0.717, 1.165) is 40.9 Å². The van der Waals surface area contributed by atoms with Crippen LogP contribution in [0.25, 0.3) is 0 Å². The first-order valence-electron chi connectivity index (χ1n) is 17.7. The summed E-state index contributed by atoms with van der Waals surface area (Å²) in [5, 5.41) is 0. The smallest absolute Gasteiger partial charge is 0.0266 e. The zero-order valence-corrected chi connectivity index (χ0v) is 25.1. The van der Waals surface area contributed by atoms with E-state index < -0.39 is 0 Å². The molecule has 0 unspecified atom stereocenters. The van der Waals surface area contributed by atoms with Crippen molar-refractivity contribution in [1.82, 2.24) is 0 Å². The molecule has 0 saturated heterocycles. The van der Waals surface area contributed by atoms with E-state index in [1.807, 2.05) is 0 Å². The quantitative estimate of drug-likeness (QED) is 0.221. The highest BCUT2D eigenvalue weighted by Crippen LogP contribution is 2.55. The zero-order valence-electron chi connectivity index (χ0n) is 25.1. The maximum Gasteiger partial charge on any atom is -0.0266 e. The van der Waals surface area contributed by atoms with Gasteiger partial charge in [-0.25, -0.2) is 0 Å². The van der Waals surface area contributed by atoms with Gasteiger partial charge >= 0.3 is 0 Å². The molecule has 4 fully saturated rings. The van der Waals surface area contributed by atoms with E-state index in [0.29, 0.717) is 0 Å². The molecule has 0 N–H and O–H groups in total. The molecule has 0 radical (unpaired) electrons. The van der Waals surface area contributed by atoms with Gasteiger partial charge in [-0.2, -0.15) is 0 Å². The number of hydrogen-bond acceptors (Lipinski definition) is 0. The number of rotatable bonds is 13. The van der Waals surface area contributed by atoms with E-state index >= 15 is 0 Å². The average molecular weight is 499 g/mol. The lowest BCUT2D eigenvalue weighted by Crippen LogP contribution is -2.39.